The zero-order chi connectivity index (χ0) is 13.3. The number of nitrogens with one attached hydrogen (secondary N) is 2. The lowest BCUT2D eigenvalue weighted by atomic mass is 10.2. The summed E-state index contributed by atoms with van der Waals surface area (Å²) in [6.45, 7) is 1.58. The van der Waals surface area contributed by atoms with Crippen LogP contribution in [0.1, 0.15) is 12.8 Å². The predicted octanol–water partition coefficient (Wildman–Crippen LogP) is -0.927. The molecule has 1 atom stereocenters. The topological polar surface area (TPSA) is 102 Å². The van der Waals surface area contributed by atoms with Crippen molar-refractivity contribution in [2.75, 3.05) is 33.7 Å². The third-order valence-electron chi connectivity index (χ3n) is 2.06. The summed E-state index contributed by atoms with van der Waals surface area (Å²) in [7, 11) is 3.90. The minimum absolute atomic E-state index is 0.000448. The van der Waals surface area contributed by atoms with E-state index in [0.717, 1.165) is 13.0 Å². The zero-order valence-electron chi connectivity index (χ0n) is 10.3. The first-order chi connectivity index (χ1) is 7.93. The molecule has 0 spiro atoms. The number of carbonyl (C=O) groups is 2. The van der Waals surface area contributed by atoms with E-state index >= 15 is 0 Å². The molecule has 0 aromatic rings. The van der Waals surface area contributed by atoms with Crippen molar-refractivity contribution in [1.29, 1.82) is 0 Å². The molecule has 100 valence electrons. The third kappa shape index (κ3) is 9.58. The number of hydrogen-bond donors (Lipinski definition) is 4. The van der Waals surface area contributed by atoms with Gasteiger partial charge in [-0.1, -0.05) is 0 Å². The van der Waals surface area contributed by atoms with E-state index < -0.39 is 12.1 Å². The Morgan fingerprint density at radius 3 is 2.35 bits per heavy atom. The fraction of sp³-hybridized carbons (Fsp3) is 0.800. The molecule has 0 saturated carbocycles. The van der Waals surface area contributed by atoms with E-state index in [4.69, 9.17) is 10.2 Å². The monoisotopic (exact) mass is 247 g/mol. The standard InChI is InChI=1S/C10H21N3O4/c1-13(2)7-3-5-11-10(17)12-6-4-8(14)9(15)16/h8,14H,3-7H2,1-2H3,(H,15,16)(H2,11,12,17). The molecule has 7 nitrogen and oxygen atoms in total. The minimum Gasteiger partial charge on any atom is -0.479 e. The third-order valence-corrected chi connectivity index (χ3v) is 2.06. The number of carboxylic acids is 1. The molecular weight excluding hydrogens is 226 g/mol. The summed E-state index contributed by atoms with van der Waals surface area (Å²) in [6, 6.07) is -0.346. The number of carbonyl (C=O) groups excluding carboxylic acids is 1. The lowest BCUT2D eigenvalue weighted by Gasteiger charge is -2.11. The predicted molar refractivity (Wildman–Crippen MR) is 62.8 cm³/mol. The van der Waals surface area contributed by atoms with Crippen LogP contribution < -0.4 is 10.6 Å². The molecule has 7 heteroatoms. The molecule has 1 unspecified atom stereocenters. The molecule has 0 aromatic carbocycles. The van der Waals surface area contributed by atoms with Gasteiger partial charge in [-0.05, 0) is 27.1 Å². The van der Waals surface area contributed by atoms with Crippen molar-refractivity contribution < 1.29 is 19.8 Å². The molecule has 0 radical (unpaired) electrons. The number of urea groups is 1. The second-order valence-electron chi connectivity index (χ2n) is 3.98. The van der Waals surface area contributed by atoms with Gasteiger partial charge in [0.2, 0.25) is 0 Å². The highest BCUT2D eigenvalue weighted by molar-refractivity contribution is 5.74. The molecule has 0 bridgehead atoms. The summed E-state index contributed by atoms with van der Waals surface area (Å²) in [5, 5.41) is 22.4. The maximum atomic E-state index is 11.2. The van der Waals surface area contributed by atoms with Gasteiger partial charge in [0, 0.05) is 19.5 Å². The van der Waals surface area contributed by atoms with Crippen LogP contribution in [0.5, 0.6) is 0 Å². The Morgan fingerprint density at radius 2 is 1.82 bits per heavy atom. The van der Waals surface area contributed by atoms with Crippen molar-refractivity contribution in [2.45, 2.75) is 18.9 Å². The molecule has 0 aromatic heterocycles. The zero-order valence-corrected chi connectivity index (χ0v) is 10.3. The number of carboxylic acid groups (broad SMARTS) is 1. The van der Waals surface area contributed by atoms with Gasteiger partial charge >= 0.3 is 12.0 Å². The number of rotatable bonds is 8. The van der Waals surface area contributed by atoms with Gasteiger partial charge in [-0.15, -0.1) is 0 Å². The first kappa shape index (κ1) is 15.7. The number of hydrogen-bond acceptors (Lipinski definition) is 4. The van der Waals surface area contributed by atoms with Crippen molar-refractivity contribution in [3.8, 4) is 0 Å². The number of aliphatic carboxylic acids is 1. The van der Waals surface area contributed by atoms with Gasteiger partial charge in [0.1, 0.15) is 0 Å². The number of nitrogens with zero attached hydrogens (tertiary/aromatic N) is 1. The van der Waals surface area contributed by atoms with Gasteiger partial charge < -0.3 is 25.7 Å². The lowest BCUT2D eigenvalue weighted by Crippen LogP contribution is -2.38. The van der Waals surface area contributed by atoms with Crippen molar-refractivity contribution in [1.82, 2.24) is 15.5 Å². The van der Waals surface area contributed by atoms with Crippen LogP contribution in [0.25, 0.3) is 0 Å². The molecular formula is C10H21N3O4. The van der Waals surface area contributed by atoms with E-state index in [-0.39, 0.29) is 19.0 Å². The van der Waals surface area contributed by atoms with E-state index in [1.54, 1.807) is 0 Å². The van der Waals surface area contributed by atoms with E-state index in [0.29, 0.717) is 6.54 Å². The Kier molecular flexibility index (Phi) is 8.08. The second kappa shape index (κ2) is 8.77. The highest BCUT2D eigenvalue weighted by atomic mass is 16.4. The second-order valence-corrected chi connectivity index (χ2v) is 3.98. The summed E-state index contributed by atoms with van der Waals surface area (Å²) in [4.78, 5) is 23.5. The SMILES string of the molecule is CN(C)CCCNC(=O)NCCC(O)C(=O)O. The molecule has 17 heavy (non-hydrogen) atoms. The summed E-state index contributed by atoms with van der Waals surface area (Å²) in [6.07, 6.45) is -0.581. The van der Waals surface area contributed by atoms with Crippen LogP contribution in [0.15, 0.2) is 0 Å². The van der Waals surface area contributed by atoms with Gasteiger partial charge in [0.15, 0.2) is 6.10 Å². The maximum absolute atomic E-state index is 11.2. The van der Waals surface area contributed by atoms with Crippen molar-refractivity contribution in [3.63, 3.8) is 0 Å². The van der Waals surface area contributed by atoms with Crippen molar-refractivity contribution in [2.24, 2.45) is 0 Å². The van der Waals surface area contributed by atoms with E-state index in [1.165, 1.54) is 0 Å². The average Bonchev–Trinajstić information content (AvgIpc) is 2.23. The van der Waals surface area contributed by atoms with Crippen LogP contribution in [0.2, 0.25) is 0 Å². The normalized spacial score (nSPS) is 12.2. The minimum atomic E-state index is -1.43. The molecule has 0 aliphatic carbocycles. The summed E-state index contributed by atoms with van der Waals surface area (Å²) >= 11 is 0. The molecule has 0 fully saturated rings. The first-order valence-corrected chi connectivity index (χ1v) is 5.50. The fourth-order valence-electron chi connectivity index (χ4n) is 1.11. The van der Waals surface area contributed by atoms with Gasteiger partial charge in [-0.2, -0.15) is 0 Å². The highest BCUT2D eigenvalue weighted by Gasteiger charge is 2.12. The Labute approximate surface area is 101 Å². The quantitative estimate of drug-likeness (QED) is 0.415. The maximum Gasteiger partial charge on any atom is 0.332 e. The summed E-state index contributed by atoms with van der Waals surface area (Å²) in [5.74, 6) is -1.28. The summed E-state index contributed by atoms with van der Waals surface area (Å²) < 4.78 is 0. The number of aliphatic hydroxyl groups excluding tert-OH is 1. The van der Waals surface area contributed by atoms with Crippen LogP contribution >= 0.6 is 0 Å². The number of aliphatic hydroxyl groups is 1. The Hall–Kier alpha value is -1.34. The van der Waals surface area contributed by atoms with Gasteiger partial charge in [-0.3, -0.25) is 0 Å². The molecule has 0 heterocycles. The van der Waals surface area contributed by atoms with Crippen LogP contribution in [0.3, 0.4) is 0 Å². The van der Waals surface area contributed by atoms with Crippen LogP contribution in [0, 0.1) is 0 Å². The Bertz CT molecular complexity index is 246. The van der Waals surface area contributed by atoms with Crippen molar-refractivity contribution in [3.05, 3.63) is 0 Å². The fourth-order valence-corrected chi connectivity index (χ4v) is 1.11. The van der Waals surface area contributed by atoms with E-state index in [2.05, 4.69) is 10.6 Å². The van der Waals surface area contributed by atoms with Gasteiger partial charge in [-0.25, -0.2) is 9.59 Å². The average molecular weight is 247 g/mol. The van der Waals surface area contributed by atoms with E-state index in [1.807, 2.05) is 19.0 Å². The van der Waals surface area contributed by atoms with Crippen LogP contribution in [-0.4, -0.2) is 66.9 Å². The van der Waals surface area contributed by atoms with Crippen LogP contribution in [-0.2, 0) is 4.79 Å². The molecule has 0 rings (SSSR count). The first-order valence-electron chi connectivity index (χ1n) is 5.50. The largest absolute Gasteiger partial charge is 0.479 e. The van der Waals surface area contributed by atoms with Crippen LogP contribution in [0.4, 0.5) is 4.79 Å². The Morgan fingerprint density at radius 1 is 1.24 bits per heavy atom. The Balaban J connectivity index is 3.44. The van der Waals surface area contributed by atoms with E-state index in [9.17, 15) is 9.59 Å². The van der Waals surface area contributed by atoms with Gasteiger partial charge in [0.05, 0.1) is 0 Å². The summed E-state index contributed by atoms with van der Waals surface area (Å²) in [5.41, 5.74) is 0. The van der Waals surface area contributed by atoms with Gasteiger partial charge in [0.25, 0.3) is 0 Å². The number of amides is 2. The van der Waals surface area contributed by atoms with Crippen molar-refractivity contribution >= 4 is 12.0 Å². The molecule has 2 amide bonds. The smallest absolute Gasteiger partial charge is 0.332 e. The molecule has 0 saturated heterocycles. The molecule has 4 N–H and O–H groups in total. The highest BCUT2D eigenvalue weighted by Crippen LogP contribution is 1.89. The molecule has 0 aliphatic rings. The molecule has 0 aliphatic heterocycles. The lowest BCUT2D eigenvalue weighted by molar-refractivity contribution is -0.146.